The van der Waals surface area contributed by atoms with E-state index in [2.05, 4.69) is 9.62 Å². The second-order valence-electron chi connectivity index (χ2n) is 5.25. The van der Waals surface area contributed by atoms with Crippen LogP contribution >= 0.6 is 11.6 Å². The second kappa shape index (κ2) is 6.50. The standard InChI is InChI=1S/C13H20ClN3O3S/c1-9-5-11(14)13(6-12(9)15)21(18,19)16-7-10-8-17(2)3-4-20-10/h5-6,10,16H,3-4,7-8,15H2,1-2H3. The summed E-state index contributed by atoms with van der Waals surface area (Å²) in [5.74, 6) is 0. The molecule has 3 N–H and O–H groups in total. The molecule has 8 heteroatoms. The summed E-state index contributed by atoms with van der Waals surface area (Å²) >= 11 is 6.02. The molecule has 1 aliphatic heterocycles. The van der Waals surface area contributed by atoms with Crippen LogP contribution in [0.1, 0.15) is 5.56 Å². The van der Waals surface area contributed by atoms with Gasteiger partial charge in [-0.05, 0) is 31.7 Å². The first kappa shape index (κ1) is 16.5. The average molecular weight is 334 g/mol. The number of anilines is 1. The van der Waals surface area contributed by atoms with E-state index < -0.39 is 10.0 Å². The molecule has 0 aromatic heterocycles. The van der Waals surface area contributed by atoms with Crippen LogP contribution in [0.3, 0.4) is 0 Å². The minimum atomic E-state index is -3.71. The highest BCUT2D eigenvalue weighted by Crippen LogP contribution is 2.26. The topological polar surface area (TPSA) is 84.7 Å². The van der Waals surface area contributed by atoms with E-state index in [1.165, 1.54) is 6.07 Å². The van der Waals surface area contributed by atoms with E-state index in [1.54, 1.807) is 13.0 Å². The number of nitrogens with zero attached hydrogens (tertiary/aromatic N) is 1. The fourth-order valence-electron chi connectivity index (χ4n) is 2.15. The molecule has 1 saturated heterocycles. The number of benzene rings is 1. The van der Waals surface area contributed by atoms with Crippen LogP contribution in [0.25, 0.3) is 0 Å². The summed E-state index contributed by atoms with van der Waals surface area (Å²) in [6, 6.07) is 2.93. The van der Waals surface area contributed by atoms with Crippen molar-refractivity contribution >= 4 is 27.3 Å². The van der Waals surface area contributed by atoms with E-state index in [0.717, 1.165) is 12.1 Å². The molecule has 0 radical (unpaired) electrons. The van der Waals surface area contributed by atoms with E-state index in [9.17, 15) is 8.42 Å². The lowest BCUT2D eigenvalue weighted by molar-refractivity contribution is -0.0156. The zero-order valence-electron chi connectivity index (χ0n) is 12.1. The number of likely N-dealkylation sites (N-methyl/N-ethyl adjacent to an activating group) is 1. The van der Waals surface area contributed by atoms with Crippen LogP contribution in [-0.2, 0) is 14.8 Å². The number of sulfonamides is 1. The number of ether oxygens (including phenoxy) is 1. The largest absolute Gasteiger partial charge is 0.398 e. The predicted molar refractivity (Wildman–Crippen MR) is 83.0 cm³/mol. The Bertz CT molecular complexity index is 621. The lowest BCUT2D eigenvalue weighted by atomic mass is 10.2. The SMILES string of the molecule is Cc1cc(Cl)c(S(=O)(=O)NCC2CN(C)CCO2)cc1N. The molecule has 0 saturated carbocycles. The smallest absolute Gasteiger partial charge is 0.242 e. The Kier molecular flexibility index (Phi) is 5.11. The van der Waals surface area contributed by atoms with Crippen LogP contribution < -0.4 is 10.5 Å². The molecule has 0 bridgehead atoms. The molecule has 1 aliphatic rings. The van der Waals surface area contributed by atoms with Gasteiger partial charge in [0, 0.05) is 25.3 Å². The maximum atomic E-state index is 12.3. The van der Waals surface area contributed by atoms with Crippen LogP contribution in [0, 0.1) is 6.92 Å². The summed E-state index contributed by atoms with van der Waals surface area (Å²) in [4.78, 5) is 2.09. The molecule has 1 aromatic carbocycles. The first-order chi connectivity index (χ1) is 9.79. The van der Waals surface area contributed by atoms with Gasteiger partial charge in [-0.1, -0.05) is 11.6 Å². The zero-order valence-corrected chi connectivity index (χ0v) is 13.7. The number of aryl methyl sites for hydroxylation is 1. The molecular weight excluding hydrogens is 314 g/mol. The lowest BCUT2D eigenvalue weighted by Gasteiger charge is -2.30. The van der Waals surface area contributed by atoms with E-state index in [4.69, 9.17) is 22.1 Å². The number of nitrogens with one attached hydrogen (secondary N) is 1. The van der Waals surface area contributed by atoms with Gasteiger partial charge >= 0.3 is 0 Å². The van der Waals surface area contributed by atoms with Crippen molar-refractivity contribution in [2.75, 3.05) is 39.0 Å². The molecule has 0 aliphatic carbocycles. The highest BCUT2D eigenvalue weighted by Gasteiger charge is 2.23. The zero-order chi connectivity index (χ0) is 15.6. The lowest BCUT2D eigenvalue weighted by Crippen LogP contribution is -2.45. The first-order valence-corrected chi connectivity index (χ1v) is 8.51. The van der Waals surface area contributed by atoms with Crippen molar-refractivity contribution in [3.8, 4) is 0 Å². The second-order valence-corrected chi connectivity index (χ2v) is 7.39. The van der Waals surface area contributed by atoms with Crippen molar-refractivity contribution < 1.29 is 13.2 Å². The molecule has 0 amide bonds. The van der Waals surface area contributed by atoms with Gasteiger partial charge in [0.05, 0.1) is 17.7 Å². The van der Waals surface area contributed by atoms with Crippen molar-refractivity contribution in [3.63, 3.8) is 0 Å². The Hall–Kier alpha value is -0.860. The Morgan fingerprint density at radius 1 is 1.52 bits per heavy atom. The molecule has 1 atom stereocenters. The minimum absolute atomic E-state index is 0.00330. The number of morpholine rings is 1. The number of halogens is 1. The normalized spacial score (nSPS) is 20.6. The van der Waals surface area contributed by atoms with Gasteiger partial charge in [0.25, 0.3) is 0 Å². The van der Waals surface area contributed by atoms with Crippen LogP contribution in [0.4, 0.5) is 5.69 Å². The monoisotopic (exact) mass is 333 g/mol. The minimum Gasteiger partial charge on any atom is -0.398 e. The molecule has 21 heavy (non-hydrogen) atoms. The van der Waals surface area contributed by atoms with Crippen LogP contribution in [-0.4, -0.2) is 52.7 Å². The van der Waals surface area contributed by atoms with Gasteiger partial charge in [-0.25, -0.2) is 13.1 Å². The molecule has 0 spiro atoms. The number of nitrogen functional groups attached to an aromatic ring is 1. The van der Waals surface area contributed by atoms with Crippen molar-refractivity contribution in [3.05, 3.63) is 22.7 Å². The summed E-state index contributed by atoms with van der Waals surface area (Å²) in [5.41, 5.74) is 6.90. The number of hydrogen-bond acceptors (Lipinski definition) is 5. The van der Waals surface area contributed by atoms with Gasteiger partial charge < -0.3 is 15.4 Å². The Morgan fingerprint density at radius 3 is 2.90 bits per heavy atom. The fraction of sp³-hybridized carbons (Fsp3) is 0.538. The number of hydrogen-bond donors (Lipinski definition) is 2. The van der Waals surface area contributed by atoms with Crippen molar-refractivity contribution in [1.82, 2.24) is 9.62 Å². The molecule has 1 aromatic rings. The molecule has 1 unspecified atom stereocenters. The van der Waals surface area contributed by atoms with Gasteiger partial charge in [-0.15, -0.1) is 0 Å². The third-order valence-corrected chi connectivity index (χ3v) is 5.34. The summed E-state index contributed by atoms with van der Waals surface area (Å²) in [5, 5.41) is 0.163. The van der Waals surface area contributed by atoms with E-state index in [0.29, 0.717) is 18.8 Å². The molecule has 118 valence electrons. The van der Waals surface area contributed by atoms with Crippen LogP contribution in [0.15, 0.2) is 17.0 Å². The molecular formula is C13H20ClN3O3S. The Morgan fingerprint density at radius 2 is 2.24 bits per heavy atom. The van der Waals surface area contributed by atoms with Crippen molar-refractivity contribution in [2.24, 2.45) is 0 Å². The highest BCUT2D eigenvalue weighted by molar-refractivity contribution is 7.89. The first-order valence-electron chi connectivity index (χ1n) is 6.65. The summed E-state index contributed by atoms with van der Waals surface area (Å²) in [6.07, 6.45) is -0.167. The van der Waals surface area contributed by atoms with Crippen molar-refractivity contribution in [1.29, 1.82) is 0 Å². The van der Waals surface area contributed by atoms with Crippen LogP contribution in [0.2, 0.25) is 5.02 Å². The van der Waals surface area contributed by atoms with E-state index in [1.807, 2.05) is 7.05 Å². The summed E-state index contributed by atoms with van der Waals surface area (Å²) in [6.45, 7) is 4.12. The highest BCUT2D eigenvalue weighted by atomic mass is 35.5. The molecule has 1 fully saturated rings. The van der Waals surface area contributed by atoms with Gasteiger partial charge in [0.2, 0.25) is 10.0 Å². The third-order valence-electron chi connectivity index (χ3n) is 3.45. The van der Waals surface area contributed by atoms with E-state index >= 15 is 0 Å². The summed E-state index contributed by atoms with van der Waals surface area (Å²) in [7, 11) is -1.73. The molecule has 1 heterocycles. The van der Waals surface area contributed by atoms with Gasteiger partial charge in [-0.2, -0.15) is 0 Å². The maximum absolute atomic E-state index is 12.3. The maximum Gasteiger partial charge on any atom is 0.242 e. The fourth-order valence-corrected chi connectivity index (χ4v) is 3.83. The third kappa shape index (κ3) is 4.08. The van der Waals surface area contributed by atoms with Gasteiger partial charge in [-0.3, -0.25) is 0 Å². The average Bonchev–Trinajstić information content (AvgIpc) is 2.41. The van der Waals surface area contributed by atoms with Crippen molar-refractivity contribution in [2.45, 2.75) is 17.9 Å². The summed E-state index contributed by atoms with van der Waals surface area (Å²) < 4.78 is 32.7. The van der Waals surface area contributed by atoms with Gasteiger partial charge in [0.15, 0.2) is 0 Å². The van der Waals surface area contributed by atoms with Gasteiger partial charge in [0.1, 0.15) is 4.90 Å². The molecule has 6 nitrogen and oxygen atoms in total. The predicted octanol–water partition coefficient (Wildman–Crippen LogP) is 0.840. The van der Waals surface area contributed by atoms with E-state index in [-0.39, 0.29) is 22.6 Å². The Labute approximate surface area is 130 Å². The van der Waals surface area contributed by atoms with Crippen LogP contribution in [0.5, 0.6) is 0 Å². The number of nitrogens with two attached hydrogens (primary N) is 1. The molecule has 2 rings (SSSR count). The quantitative estimate of drug-likeness (QED) is 0.798. The Balaban J connectivity index is 2.10. The number of rotatable bonds is 4.